The second-order valence-corrected chi connectivity index (χ2v) is 5.55. The van der Waals surface area contributed by atoms with Crippen molar-refractivity contribution in [3.8, 4) is 0 Å². The van der Waals surface area contributed by atoms with Gasteiger partial charge in [0.05, 0.1) is 5.56 Å². The highest BCUT2D eigenvalue weighted by atomic mass is 79.9. The number of piperazine rings is 1. The van der Waals surface area contributed by atoms with Crippen molar-refractivity contribution in [2.24, 2.45) is 0 Å². The molecule has 1 aliphatic rings. The van der Waals surface area contributed by atoms with Crippen LogP contribution in [0.5, 0.6) is 0 Å². The third-order valence-corrected chi connectivity index (χ3v) is 4.19. The Morgan fingerprint density at radius 3 is 2.29 bits per heavy atom. The Morgan fingerprint density at radius 1 is 1.19 bits per heavy atom. The first kappa shape index (κ1) is 21.0. The van der Waals surface area contributed by atoms with Crippen LogP contribution in [0.3, 0.4) is 0 Å². The fraction of sp³-hybridized carbons (Fsp3) is 0.538. The Bertz CT molecular complexity index is 452. The maximum atomic E-state index is 12.8. The van der Waals surface area contributed by atoms with Crippen LogP contribution in [0.1, 0.15) is 24.1 Å². The predicted molar refractivity (Wildman–Crippen MR) is 86.5 cm³/mol. The molecule has 0 aliphatic carbocycles. The van der Waals surface area contributed by atoms with Gasteiger partial charge in [-0.2, -0.15) is 13.2 Å². The molecule has 8 heteroatoms. The molecule has 1 aromatic carbocycles. The Morgan fingerprint density at radius 2 is 1.76 bits per heavy atom. The lowest BCUT2D eigenvalue weighted by Crippen LogP contribution is -2.44. The summed E-state index contributed by atoms with van der Waals surface area (Å²) in [5, 5.41) is 3.24. The standard InChI is InChI=1S/C13H16BrF3N2.2ClH/c1-9(19-6-4-18-5-7-19)11-8-10(13(15,16)17)2-3-12(11)14;;/h2-3,8-9,18H,4-7H2,1H3;2*1H/t9-;;/m0../s1. The fourth-order valence-electron chi connectivity index (χ4n) is 2.31. The predicted octanol–water partition coefficient (Wildman–Crippen LogP) is 4.28. The highest BCUT2D eigenvalue weighted by Crippen LogP contribution is 2.35. The van der Waals surface area contributed by atoms with E-state index in [1.165, 1.54) is 12.1 Å². The van der Waals surface area contributed by atoms with Gasteiger partial charge in [0.1, 0.15) is 0 Å². The highest BCUT2D eigenvalue weighted by Gasteiger charge is 2.32. The van der Waals surface area contributed by atoms with E-state index < -0.39 is 11.7 Å². The van der Waals surface area contributed by atoms with E-state index >= 15 is 0 Å². The lowest BCUT2D eigenvalue weighted by Gasteiger charge is -2.33. The van der Waals surface area contributed by atoms with Gasteiger partial charge in [-0.15, -0.1) is 24.8 Å². The second kappa shape index (κ2) is 8.58. The summed E-state index contributed by atoms with van der Waals surface area (Å²) in [5.74, 6) is 0. The molecule has 1 saturated heterocycles. The summed E-state index contributed by atoms with van der Waals surface area (Å²) < 4.78 is 39.0. The van der Waals surface area contributed by atoms with Gasteiger partial charge >= 0.3 is 6.18 Å². The molecular formula is C13H18BrCl2F3N2. The molecule has 2 nitrogen and oxygen atoms in total. The number of nitrogens with zero attached hydrogens (tertiary/aromatic N) is 1. The molecule has 0 bridgehead atoms. The van der Waals surface area contributed by atoms with E-state index in [4.69, 9.17) is 0 Å². The number of hydrogen-bond donors (Lipinski definition) is 1. The molecule has 122 valence electrons. The van der Waals surface area contributed by atoms with E-state index in [-0.39, 0.29) is 30.9 Å². The largest absolute Gasteiger partial charge is 0.416 e. The molecule has 0 unspecified atom stereocenters. The number of nitrogens with one attached hydrogen (secondary N) is 1. The minimum Gasteiger partial charge on any atom is -0.314 e. The van der Waals surface area contributed by atoms with Crippen LogP contribution in [0.2, 0.25) is 0 Å². The third-order valence-electron chi connectivity index (χ3n) is 3.47. The number of rotatable bonds is 2. The molecule has 0 saturated carbocycles. The third kappa shape index (κ3) is 5.28. The van der Waals surface area contributed by atoms with Crippen molar-refractivity contribution in [2.75, 3.05) is 26.2 Å². The van der Waals surface area contributed by atoms with Gasteiger partial charge in [-0.1, -0.05) is 15.9 Å². The van der Waals surface area contributed by atoms with E-state index in [1.54, 1.807) is 0 Å². The van der Waals surface area contributed by atoms with Crippen LogP contribution in [-0.4, -0.2) is 31.1 Å². The molecule has 0 spiro atoms. The molecule has 1 aromatic rings. The maximum absolute atomic E-state index is 12.8. The molecule has 1 aliphatic heterocycles. The van der Waals surface area contributed by atoms with Crippen LogP contribution >= 0.6 is 40.7 Å². The summed E-state index contributed by atoms with van der Waals surface area (Å²) in [5.41, 5.74) is 0.101. The van der Waals surface area contributed by atoms with Gasteiger partial charge in [0.25, 0.3) is 0 Å². The average molecular weight is 410 g/mol. The molecule has 1 atom stereocenters. The van der Waals surface area contributed by atoms with E-state index in [9.17, 15) is 13.2 Å². The summed E-state index contributed by atoms with van der Waals surface area (Å²) in [6.07, 6.45) is -4.29. The Balaban J connectivity index is 0.00000200. The summed E-state index contributed by atoms with van der Waals surface area (Å²) in [6.45, 7) is 5.40. The number of hydrogen-bond acceptors (Lipinski definition) is 2. The molecular weight excluding hydrogens is 392 g/mol. The van der Waals surface area contributed by atoms with Crippen molar-refractivity contribution in [1.29, 1.82) is 0 Å². The van der Waals surface area contributed by atoms with Crippen molar-refractivity contribution >= 4 is 40.7 Å². The zero-order valence-corrected chi connectivity index (χ0v) is 14.6. The SMILES string of the molecule is C[C@@H](c1cc(C(F)(F)F)ccc1Br)N1CCNCC1.Cl.Cl. The van der Waals surface area contributed by atoms with Gasteiger partial charge in [0.2, 0.25) is 0 Å². The summed E-state index contributed by atoms with van der Waals surface area (Å²) in [7, 11) is 0. The zero-order chi connectivity index (χ0) is 14.0. The molecule has 2 rings (SSSR count). The van der Waals surface area contributed by atoms with Crippen LogP contribution in [0.25, 0.3) is 0 Å². The van der Waals surface area contributed by atoms with Crippen LogP contribution in [0.15, 0.2) is 22.7 Å². The van der Waals surface area contributed by atoms with Gasteiger partial charge < -0.3 is 5.32 Å². The van der Waals surface area contributed by atoms with E-state index in [1.807, 2.05) is 6.92 Å². The minimum atomic E-state index is -4.29. The van der Waals surface area contributed by atoms with Gasteiger partial charge in [-0.05, 0) is 30.7 Å². The summed E-state index contributed by atoms with van der Waals surface area (Å²) in [6, 6.07) is 3.81. The number of halogens is 6. The topological polar surface area (TPSA) is 15.3 Å². The van der Waals surface area contributed by atoms with Gasteiger partial charge in [-0.3, -0.25) is 4.90 Å². The van der Waals surface area contributed by atoms with Crippen molar-refractivity contribution in [2.45, 2.75) is 19.1 Å². The maximum Gasteiger partial charge on any atom is 0.416 e. The van der Waals surface area contributed by atoms with Crippen LogP contribution in [0, 0.1) is 0 Å². The lowest BCUT2D eigenvalue weighted by molar-refractivity contribution is -0.137. The molecule has 1 heterocycles. The Hall–Kier alpha value is -0.0100. The normalized spacial score (nSPS) is 17.6. The van der Waals surface area contributed by atoms with E-state index in [0.717, 1.165) is 36.7 Å². The van der Waals surface area contributed by atoms with Crippen molar-refractivity contribution < 1.29 is 13.2 Å². The summed E-state index contributed by atoms with van der Waals surface area (Å²) >= 11 is 3.35. The first-order valence-corrected chi connectivity index (χ1v) is 7.00. The first-order valence-electron chi connectivity index (χ1n) is 6.21. The van der Waals surface area contributed by atoms with E-state index in [0.29, 0.717) is 5.56 Å². The van der Waals surface area contributed by atoms with Crippen molar-refractivity contribution in [3.63, 3.8) is 0 Å². The highest BCUT2D eigenvalue weighted by molar-refractivity contribution is 9.10. The van der Waals surface area contributed by atoms with Crippen molar-refractivity contribution in [3.05, 3.63) is 33.8 Å². The van der Waals surface area contributed by atoms with Gasteiger partial charge in [-0.25, -0.2) is 0 Å². The van der Waals surface area contributed by atoms with E-state index in [2.05, 4.69) is 26.1 Å². The molecule has 0 aromatic heterocycles. The number of alkyl halides is 3. The van der Waals surface area contributed by atoms with Crippen molar-refractivity contribution in [1.82, 2.24) is 10.2 Å². The zero-order valence-electron chi connectivity index (χ0n) is 11.4. The molecule has 0 amide bonds. The van der Waals surface area contributed by atoms with Crippen LogP contribution < -0.4 is 5.32 Å². The van der Waals surface area contributed by atoms with Crippen LogP contribution in [0.4, 0.5) is 13.2 Å². The molecule has 0 radical (unpaired) electrons. The summed E-state index contributed by atoms with van der Waals surface area (Å²) in [4.78, 5) is 2.19. The number of benzene rings is 1. The second-order valence-electron chi connectivity index (χ2n) is 4.70. The Kier molecular flexibility index (Phi) is 8.57. The van der Waals surface area contributed by atoms with Gasteiger partial charge in [0.15, 0.2) is 0 Å². The van der Waals surface area contributed by atoms with Crippen LogP contribution in [-0.2, 0) is 6.18 Å². The molecule has 21 heavy (non-hydrogen) atoms. The Labute approximate surface area is 143 Å². The van der Waals surface area contributed by atoms with Gasteiger partial charge in [0, 0.05) is 36.7 Å². The first-order chi connectivity index (χ1) is 8.89. The smallest absolute Gasteiger partial charge is 0.314 e. The minimum absolute atomic E-state index is 0. The molecule has 1 fully saturated rings. The lowest BCUT2D eigenvalue weighted by atomic mass is 10.0. The fourth-order valence-corrected chi connectivity index (χ4v) is 2.88. The monoisotopic (exact) mass is 408 g/mol. The quantitative estimate of drug-likeness (QED) is 0.784. The average Bonchev–Trinajstić information content (AvgIpc) is 2.38. The molecule has 1 N–H and O–H groups in total.